The molecule has 2 N–H and O–H groups in total. The average molecular weight is 205 g/mol. The molecule has 0 bridgehead atoms. The summed E-state index contributed by atoms with van der Waals surface area (Å²) in [7, 11) is 0. The standard InChI is InChI=1S/C13H19NO/c1-13(2)7-6-11(9-13)14-10-4-3-5-12(15)8-10/h3-5,8,11,14-15H,6-7,9H2,1-2H3. The predicted molar refractivity (Wildman–Crippen MR) is 63.1 cm³/mol. The third-order valence-corrected chi connectivity index (χ3v) is 3.19. The van der Waals surface area contributed by atoms with Crippen LogP contribution >= 0.6 is 0 Å². The first-order valence-corrected chi connectivity index (χ1v) is 5.61. The van der Waals surface area contributed by atoms with Crippen molar-refractivity contribution >= 4 is 5.69 Å². The van der Waals surface area contributed by atoms with E-state index in [2.05, 4.69) is 19.2 Å². The van der Waals surface area contributed by atoms with Gasteiger partial charge in [-0.25, -0.2) is 0 Å². The fraction of sp³-hybridized carbons (Fsp3) is 0.538. The monoisotopic (exact) mass is 205 g/mol. The Morgan fingerprint density at radius 1 is 1.40 bits per heavy atom. The van der Waals surface area contributed by atoms with Crippen LogP contribution < -0.4 is 5.32 Å². The quantitative estimate of drug-likeness (QED) is 0.775. The van der Waals surface area contributed by atoms with Crippen molar-refractivity contribution in [1.29, 1.82) is 0 Å². The molecule has 1 aliphatic rings. The maximum Gasteiger partial charge on any atom is 0.117 e. The summed E-state index contributed by atoms with van der Waals surface area (Å²) in [5.74, 6) is 0.331. The van der Waals surface area contributed by atoms with Gasteiger partial charge in [0.05, 0.1) is 0 Å². The third kappa shape index (κ3) is 2.65. The molecular formula is C13H19NO. The van der Waals surface area contributed by atoms with Crippen LogP contribution in [0.2, 0.25) is 0 Å². The summed E-state index contributed by atoms with van der Waals surface area (Å²) in [6.45, 7) is 4.63. The van der Waals surface area contributed by atoms with Gasteiger partial charge in [-0.15, -0.1) is 0 Å². The zero-order valence-electron chi connectivity index (χ0n) is 9.46. The number of benzene rings is 1. The van der Waals surface area contributed by atoms with Gasteiger partial charge in [-0.2, -0.15) is 0 Å². The minimum atomic E-state index is 0.331. The molecule has 1 fully saturated rings. The summed E-state index contributed by atoms with van der Waals surface area (Å²) >= 11 is 0. The molecule has 15 heavy (non-hydrogen) atoms. The molecule has 0 heterocycles. The van der Waals surface area contributed by atoms with Crippen molar-refractivity contribution in [3.63, 3.8) is 0 Å². The highest BCUT2D eigenvalue weighted by atomic mass is 16.3. The van der Waals surface area contributed by atoms with Crippen LogP contribution in [0.25, 0.3) is 0 Å². The van der Waals surface area contributed by atoms with Gasteiger partial charge in [0, 0.05) is 17.8 Å². The van der Waals surface area contributed by atoms with Gasteiger partial charge in [-0.3, -0.25) is 0 Å². The zero-order chi connectivity index (χ0) is 10.9. The first-order valence-electron chi connectivity index (χ1n) is 5.61. The smallest absolute Gasteiger partial charge is 0.117 e. The van der Waals surface area contributed by atoms with Crippen molar-refractivity contribution in [2.24, 2.45) is 5.41 Å². The topological polar surface area (TPSA) is 32.3 Å². The Morgan fingerprint density at radius 3 is 2.80 bits per heavy atom. The first-order chi connectivity index (χ1) is 7.05. The fourth-order valence-corrected chi connectivity index (χ4v) is 2.39. The molecule has 0 aromatic heterocycles. The summed E-state index contributed by atoms with van der Waals surface area (Å²) in [5, 5.41) is 12.8. The van der Waals surface area contributed by atoms with Crippen LogP contribution in [0.1, 0.15) is 33.1 Å². The van der Waals surface area contributed by atoms with Gasteiger partial charge in [0.1, 0.15) is 5.75 Å². The Labute approximate surface area is 91.3 Å². The fourth-order valence-electron chi connectivity index (χ4n) is 2.39. The number of phenolic OH excluding ortho intramolecular Hbond substituents is 1. The lowest BCUT2D eigenvalue weighted by atomic mass is 9.92. The molecule has 1 saturated carbocycles. The number of hydrogen-bond donors (Lipinski definition) is 2. The van der Waals surface area contributed by atoms with E-state index in [0.717, 1.165) is 5.69 Å². The van der Waals surface area contributed by atoms with Crippen LogP contribution in [0.4, 0.5) is 5.69 Å². The largest absolute Gasteiger partial charge is 0.508 e. The Morgan fingerprint density at radius 2 is 2.20 bits per heavy atom. The van der Waals surface area contributed by atoms with Crippen molar-refractivity contribution < 1.29 is 5.11 Å². The molecule has 1 aromatic rings. The van der Waals surface area contributed by atoms with Gasteiger partial charge in [0.15, 0.2) is 0 Å². The highest BCUT2D eigenvalue weighted by Gasteiger charge is 2.30. The number of phenols is 1. The van der Waals surface area contributed by atoms with E-state index in [-0.39, 0.29) is 0 Å². The van der Waals surface area contributed by atoms with Gasteiger partial charge in [0.25, 0.3) is 0 Å². The van der Waals surface area contributed by atoms with Crippen LogP contribution in [0.5, 0.6) is 5.75 Å². The Kier molecular flexibility index (Phi) is 2.59. The minimum Gasteiger partial charge on any atom is -0.508 e. The number of nitrogens with one attached hydrogen (secondary N) is 1. The molecule has 2 heteroatoms. The molecule has 2 nitrogen and oxygen atoms in total. The molecule has 1 unspecified atom stereocenters. The van der Waals surface area contributed by atoms with Gasteiger partial charge >= 0.3 is 0 Å². The van der Waals surface area contributed by atoms with Crippen LogP contribution in [0.3, 0.4) is 0 Å². The number of hydrogen-bond acceptors (Lipinski definition) is 2. The lowest BCUT2D eigenvalue weighted by Gasteiger charge is -2.18. The third-order valence-electron chi connectivity index (χ3n) is 3.19. The second kappa shape index (κ2) is 3.76. The molecule has 82 valence electrons. The molecule has 1 aliphatic carbocycles. The molecule has 0 aliphatic heterocycles. The second-order valence-corrected chi connectivity index (χ2v) is 5.30. The maximum absolute atomic E-state index is 9.35. The van der Waals surface area contributed by atoms with Gasteiger partial charge in [-0.05, 0) is 36.8 Å². The van der Waals surface area contributed by atoms with Crippen molar-refractivity contribution in [2.45, 2.75) is 39.2 Å². The number of anilines is 1. The molecule has 2 rings (SSSR count). The average Bonchev–Trinajstić information content (AvgIpc) is 2.45. The first kappa shape index (κ1) is 10.3. The van der Waals surface area contributed by atoms with E-state index >= 15 is 0 Å². The lowest BCUT2D eigenvalue weighted by Crippen LogP contribution is -2.17. The van der Waals surface area contributed by atoms with E-state index in [9.17, 15) is 5.11 Å². The van der Waals surface area contributed by atoms with E-state index in [0.29, 0.717) is 17.2 Å². The van der Waals surface area contributed by atoms with Crippen molar-refractivity contribution in [3.05, 3.63) is 24.3 Å². The van der Waals surface area contributed by atoms with Gasteiger partial charge < -0.3 is 10.4 Å². The predicted octanol–water partition coefficient (Wildman–Crippen LogP) is 3.38. The van der Waals surface area contributed by atoms with E-state index in [1.54, 1.807) is 12.1 Å². The summed E-state index contributed by atoms with van der Waals surface area (Å²) < 4.78 is 0. The van der Waals surface area contributed by atoms with E-state index in [4.69, 9.17) is 0 Å². The van der Waals surface area contributed by atoms with Crippen molar-refractivity contribution in [1.82, 2.24) is 0 Å². The SMILES string of the molecule is CC1(C)CCC(Nc2cccc(O)c2)C1. The zero-order valence-corrected chi connectivity index (χ0v) is 9.46. The number of rotatable bonds is 2. The highest BCUT2D eigenvalue weighted by Crippen LogP contribution is 2.38. The lowest BCUT2D eigenvalue weighted by molar-refractivity contribution is 0.378. The van der Waals surface area contributed by atoms with Crippen LogP contribution in [0.15, 0.2) is 24.3 Å². The molecule has 0 saturated heterocycles. The summed E-state index contributed by atoms with van der Waals surface area (Å²) in [4.78, 5) is 0. The highest BCUT2D eigenvalue weighted by molar-refractivity contribution is 5.48. The Balaban J connectivity index is 1.99. The van der Waals surface area contributed by atoms with Crippen LogP contribution in [0, 0.1) is 5.41 Å². The number of aromatic hydroxyl groups is 1. The van der Waals surface area contributed by atoms with Crippen molar-refractivity contribution in [3.8, 4) is 5.75 Å². The van der Waals surface area contributed by atoms with Crippen LogP contribution in [-0.4, -0.2) is 11.1 Å². The molecule has 0 spiro atoms. The maximum atomic E-state index is 9.35. The van der Waals surface area contributed by atoms with E-state index in [1.807, 2.05) is 12.1 Å². The van der Waals surface area contributed by atoms with Crippen LogP contribution in [-0.2, 0) is 0 Å². The van der Waals surface area contributed by atoms with Crippen molar-refractivity contribution in [2.75, 3.05) is 5.32 Å². The summed E-state index contributed by atoms with van der Waals surface area (Å²) in [5.41, 5.74) is 1.49. The summed E-state index contributed by atoms with van der Waals surface area (Å²) in [6.07, 6.45) is 3.72. The molecular weight excluding hydrogens is 186 g/mol. The molecule has 0 radical (unpaired) electrons. The van der Waals surface area contributed by atoms with Gasteiger partial charge in [-0.1, -0.05) is 19.9 Å². The molecule has 1 atom stereocenters. The van der Waals surface area contributed by atoms with E-state index in [1.165, 1.54) is 19.3 Å². The Bertz CT molecular complexity index is 346. The second-order valence-electron chi connectivity index (χ2n) is 5.30. The normalized spacial score (nSPS) is 24.0. The molecule has 1 aromatic carbocycles. The Hall–Kier alpha value is -1.18. The minimum absolute atomic E-state index is 0.331. The molecule has 0 amide bonds. The summed E-state index contributed by atoms with van der Waals surface area (Å²) in [6, 6.07) is 7.92. The van der Waals surface area contributed by atoms with Gasteiger partial charge in [0.2, 0.25) is 0 Å². The van der Waals surface area contributed by atoms with E-state index < -0.39 is 0 Å².